The third-order valence-electron chi connectivity index (χ3n) is 8.48. The lowest BCUT2D eigenvalue weighted by atomic mass is 9.81. The summed E-state index contributed by atoms with van der Waals surface area (Å²) in [6.45, 7) is 4.54. The van der Waals surface area contributed by atoms with Gasteiger partial charge >= 0.3 is 0 Å². The Morgan fingerprint density at radius 3 is 1.95 bits per heavy atom. The number of benzene rings is 6. The van der Waals surface area contributed by atoms with Crippen LogP contribution in [-0.4, -0.2) is 14.5 Å². The van der Waals surface area contributed by atoms with Gasteiger partial charge in [-0.05, 0) is 93.4 Å². The average molecular weight is 547 g/mol. The second kappa shape index (κ2) is 9.00. The Hall–Kier alpha value is -4.51. The smallest absolute Gasteiger partial charge is 0.158 e. The molecule has 1 aliphatic carbocycles. The van der Waals surface area contributed by atoms with Crippen molar-refractivity contribution >= 4 is 44.0 Å². The quantitative estimate of drug-likeness (QED) is 0.126. The first-order chi connectivity index (χ1) is 20.0. The standard InChI is InChI=1S/C37H26N2OS/c1-37(2)31-20-23(16-18-27(31)28-19-17-25(21-32(28)37)41(40)24-10-4-3-5-11-24)30-22-35-36(29-13-7-6-12-26(29)30)39-34-15-9-8-14-33(34)38-35/h3-22H,1-2H3. The van der Waals surface area contributed by atoms with Crippen LogP contribution in [0.2, 0.25) is 0 Å². The predicted molar refractivity (Wildman–Crippen MR) is 169 cm³/mol. The van der Waals surface area contributed by atoms with Crippen LogP contribution < -0.4 is 0 Å². The molecule has 4 heteroatoms. The van der Waals surface area contributed by atoms with E-state index in [0.29, 0.717) is 0 Å². The molecule has 7 aromatic rings. The van der Waals surface area contributed by atoms with Crippen molar-refractivity contribution in [2.75, 3.05) is 0 Å². The largest absolute Gasteiger partial charge is 0.606 e. The lowest BCUT2D eigenvalue weighted by molar-refractivity contribution is 0.594. The molecule has 0 saturated heterocycles. The van der Waals surface area contributed by atoms with Gasteiger partial charge in [-0.25, -0.2) is 9.97 Å². The second-order valence-corrected chi connectivity index (χ2v) is 12.7. The van der Waals surface area contributed by atoms with Gasteiger partial charge < -0.3 is 4.55 Å². The monoisotopic (exact) mass is 546 g/mol. The molecule has 0 fully saturated rings. The molecule has 196 valence electrons. The topological polar surface area (TPSA) is 48.8 Å². The van der Waals surface area contributed by atoms with Crippen molar-refractivity contribution in [3.05, 3.63) is 132 Å². The Balaban J connectivity index is 1.28. The van der Waals surface area contributed by atoms with Crippen molar-refractivity contribution in [1.82, 2.24) is 9.97 Å². The first-order valence-electron chi connectivity index (χ1n) is 13.8. The fourth-order valence-corrected chi connectivity index (χ4v) is 7.46. The first-order valence-corrected chi connectivity index (χ1v) is 15.0. The number of fused-ring (bicyclic) bond motifs is 7. The molecule has 0 N–H and O–H groups in total. The van der Waals surface area contributed by atoms with Crippen LogP contribution in [0.25, 0.3) is 55.1 Å². The Labute approximate surface area is 241 Å². The molecule has 0 radical (unpaired) electrons. The van der Waals surface area contributed by atoms with Crippen molar-refractivity contribution < 1.29 is 4.55 Å². The number of hydrogen-bond donors (Lipinski definition) is 0. The third-order valence-corrected chi connectivity index (χ3v) is 9.86. The molecular formula is C37H26N2OS. The highest BCUT2D eigenvalue weighted by molar-refractivity contribution is 7.91. The highest BCUT2D eigenvalue weighted by Crippen LogP contribution is 2.51. The molecule has 1 unspecified atom stereocenters. The summed E-state index contributed by atoms with van der Waals surface area (Å²) in [7, 11) is 0. The van der Waals surface area contributed by atoms with Crippen molar-refractivity contribution in [3.8, 4) is 22.3 Å². The number of rotatable bonds is 3. The zero-order valence-electron chi connectivity index (χ0n) is 22.8. The molecule has 0 amide bonds. The van der Waals surface area contributed by atoms with E-state index in [2.05, 4.69) is 74.5 Å². The molecule has 41 heavy (non-hydrogen) atoms. The molecule has 0 aliphatic heterocycles. The van der Waals surface area contributed by atoms with Gasteiger partial charge in [0, 0.05) is 22.0 Å². The average Bonchev–Trinajstić information content (AvgIpc) is 3.25. The maximum Gasteiger partial charge on any atom is 0.158 e. The third kappa shape index (κ3) is 3.72. The normalized spacial score (nSPS) is 14.3. The summed E-state index contributed by atoms with van der Waals surface area (Å²) < 4.78 is 13.4. The van der Waals surface area contributed by atoms with Crippen LogP contribution >= 0.6 is 0 Å². The molecule has 6 aromatic carbocycles. The van der Waals surface area contributed by atoms with Gasteiger partial charge in [0.05, 0.1) is 22.1 Å². The minimum Gasteiger partial charge on any atom is -0.606 e. The Morgan fingerprint density at radius 2 is 1.17 bits per heavy atom. The molecule has 3 nitrogen and oxygen atoms in total. The Kier molecular flexibility index (Phi) is 5.33. The van der Waals surface area contributed by atoms with E-state index in [1.807, 2.05) is 60.7 Å². The first kappa shape index (κ1) is 24.3. The van der Waals surface area contributed by atoms with Crippen LogP contribution in [0.5, 0.6) is 0 Å². The highest BCUT2D eigenvalue weighted by atomic mass is 32.2. The van der Waals surface area contributed by atoms with E-state index >= 15 is 0 Å². The van der Waals surface area contributed by atoms with Crippen LogP contribution in [0.3, 0.4) is 0 Å². The van der Waals surface area contributed by atoms with Gasteiger partial charge in [0.25, 0.3) is 0 Å². The van der Waals surface area contributed by atoms with Gasteiger partial charge in [-0.15, -0.1) is 0 Å². The maximum atomic E-state index is 13.4. The minimum atomic E-state index is -1.22. The summed E-state index contributed by atoms with van der Waals surface area (Å²) in [5.41, 5.74) is 10.6. The van der Waals surface area contributed by atoms with Gasteiger partial charge in [0.1, 0.15) is 0 Å². The van der Waals surface area contributed by atoms with Crippen LogP contribution in [-0.2, 0) is 16.6 Å². The van der Waals surface area contributed by atoms with E-state index in [0.717, 1.165) is 48.4 Å². The van der Waals surface area contributed by atoms with Crippen LogP contribution in [0.1, 0.15) is 25.0 Å². The summed E-state index contributed by atoms with van der Waals surface area (Å²) in [6.07, 6.45) is 0. The van der Waals surface area contributed by atoms with E-state index in [1.54, 1.807) is 0 Å². The molecule has 1 heterocycles. The zero-order valence-corrected chi connectivity index (χ0v) is 23.6. The number of hydrogen-bond acceptors (Lipinski definition) is 3. The van der Waals surface area contributed by atoms with E-state index < -0.39 is 11.2 Å². The van der Waals surface area contributed by atoms with Crippen LogP contribution in [0.15, 0.2) is 131 Å². The van der Waals surface area contributed by atoms with E-state index in [9.17, 15) is 4.55 Å². The van der Waals surface area contributed by atoms with E-state index in [-0.39, 0.29) is 5.41 Å². The summed E-state index contributed by atoms with van der Waals surface area (Å²) in [4.78, 5) is 11.7. The Morgan fingerprint density at radius 1 is 0.537 bits per heavy atom. The van der Waals surface area contributed by atoms with E-state index in [1.165, 1.54) is 27.6 Å². The lowest BCUT2D eigenvalue weighted by Gasteiger charge is -2.23. The maximum absolute atomic E-state index is 13.4. The van der Waals surface area contributed by atoms with E-state index in [4.69, 9.17) is 9.97 Å². The molecule has 1 atom stereocenters. The predicted octanol–water partition coefficient (Wildman–Crippen LogP) is 9.08. The molecule has 0 bridgehead atoms. The van der Waals surface area contributed by atoms with Crippen LogP contribution in [0, 0.1) is 0 Å². The van der Waals surface area contributed by atoms with Gasteiger partial charge in [0.2, 0.25) is 0 Å². The van der Waals surface area contributed by atoms with Crippen molar-refractivity contribution in [3.63, 3.8) is 0 Å². The number of para-hydroxylation sites is 2. The molecule has 1 aliphatic rings. The second-order valence-electron chi connectivity index (χ2n) is 11.2. The number of nitrogens with zero attached hydrogens (tertiary/aromatic N) is 2. The summed E-state index contributed by atoms with van der Waals surface area (Å²) in [6, 6.07) is 41.5. The Bertz CT molecular complexity index is 2150. The van der Waals surface area contributed by atoms with Gasteiger partial charge in [-0.3, -0.25) is 0 Å². The van der Waals surface area contributed by atoms with Crippen LogP contribution in [0.4, 0.5) is 0 Å². The van der Waals surface area contributed by atoms with Gasteiger partial charge in [0.15, 0.2) is 9.79 Å². The van der Waals surface area contributed by atoms with Crippen molar-refractivity contribution in [2.24, 2.45) is 0 Å². The summed E-state index contributed by atoms with van der Waals surface area (Å²) >= 11 is -1.22. The minimum absolute atomic E-state index is 0.236. The number of aromatic nitrogens is 2. The SMILES string of the molecule is CC1(C)c2cc(-c3cc4nc5ccccc5nc4c4ccccc34)ccc2-c2ccc([S+]([O-])c3ccccc3)cc21. The fraction of sp³-hybridized carbons (Fsp3) is 0.0811. The van der Waals surface area contributed by atoms with Crippen molar-refractivity contribution in [1.29, 1.82) is 0 Å². The van der Waals surface area contributed by atoms with Crippen molar-refractivity contribution in [2.45, 2.75) is 29.1 Å². The lowest BCUT2D eigenvalue weighted by Crippen LogP contribution is -2.16. The van der Waals surface area contributed by atoms with Gasteiger partial charge in [-0.2, -0.15) is 0 Å². The highest BCUT2D eigenvalue weighted by Gasteiger charge is 2.37. The fourth-order valence-electron chi connectivity index (χ4n) is 6.37. The molecule has 0 saturated carbocycles. The van der Waals surface area contributed by atoms with Gasteiger partial charge in [-0.1, -0.05) is 80.6 Å². The molecule has 0 spiro atoms. The summed E-state index contributed by atoms with van der Waals surface area (Å²) in [5.74, 6) is 0. The molecular weight excluding hydrogens is 520 g/mol. The molecule has 1 aromatic heterocycles. The zero-order chi connectivity index (χ0) is 27.7. The summed E-state index contributed by atoms with van der Waals surface area (Å²) in [5, 5.41) is 2.27. The molecule has 8 rings (SSSR count).